The average Bonchev–Trinajstić information content (AvgIpc) is 3.08. The number of alkyl halides is 2. The van der Waals surface area contributed by atoms with Crippen LogP contribution in [0.5, 0.6) is 0 Å². The molecule has 10 heteroatoms. The molecule has 2 aromatic heterocycles. The van der Waals surface area contributed by atoms with E-state index in [2.05, 4.69) is 20.6 Å². The SMILES string of the molecule is O=C(NC1CC(F)(F)C1)C1CN(C(=O)c2ccnnc2)Cc2ccnn21. The Kier molecular flexibility index (Phi) is 3.89. The van der Waals surface area contributed by atoms with Crippen molar-refractivity contribution in [2.75, 3.05) is 6.54 Å². The topological polar surface area (TPSA) is 93.0 Å². The summed E-state index contributed by atoms with van der Waals surface area (Å²) < 4.78 is 27.5. The lowest BCUT2D eigenvalue weighted by Crippen LogP contribution is -2.54. The van der Waals surface area contributed by atoms with Gasteiger partial charge in [0, 0.05) is 25.1 Å². The highest BCUT2D eigenvalue weighted by Gasteiger charge is 2.47. The molecule has 1 unspecified atom stereocenters. The second kappa shape index (κ2) is 6.11. The van der Waals surface area contributed by atoms with Crippen molar-refractivity contribution in [3.63, 3.8) is 0 Å². The van der Waals surface area contributed by atoms with Gasteiger partial charge in [0.2, 0.25) is 5.91 Å². The van der Waals surface area contributed by atoms with Crippen LogP contribution in [0.3, 0.4) is 0 Å². The third kappa shape index (κ3) is 3.02. The highest BCUT2D eigenvalue weighted by molar-refractivity contribution is 5.94. The van der Waals surface area contributed by atoms with Crippen LogP contribution in [0.1, 0.15) is 34.9 Å². The van der Waals surface area contributed by atoms with E-state index in [1.807, 2.05) is 0 Å². The van der Waals surface area contributed by atoms with Gasteiger partial charge in [0.05, 0.1) is 36.7 Å². The van der Waals surface area contributed by atoms with E-state index in [1.165, 1.54) is 17.3 Å². The molecule has 2 aliphatic rings. The molecule has 2 aromatic rings. The number of carbonyl (C=O) groups is 2. The lowest BCUT2D eigenvalue weighted by molar-refractivity contribution is -0.133. The van der Waals surface area contributed by atoms with Gasteiger partial charge in [0.25, 0.3) is 11.8 Å². The van der Waals surface area contributed by atoms with Gasteiger partial charge in [-0.2, -0.15) is 15.3 Å². The maximum Gasteiger partial charge on any atom is 0.255 e. The largest absolute Gasteiger partial charge is 0.351 e. The molecule has 4 rings (SSSR count). The van der Waals surface area contributed by atoms with E-state index in [0.29, 0.717) is 17.8 Å². The summed E-state index contributed by atoms with van der Waals surface area (Å²) in [5, 5.41) is 14.1. The van der Waals surface area contributed by atoms with Crippen LogP contribution in [0.25, 0.3) is 0 Å². The van der Waals surface area contributed by atoms with Crippen LogP contribution in [0.4, 0.5) is 8.78 Å². The highest BCUT2D eigenvalue weighted by Crippen LogP contribution is 2.37. The first-order valence-corrected chi connectivity index (χ1v) is 8.19. The van der Waals surface area contributed by atoms with E-state index in [4.69, 9.17) is 0 Å². The summed E-state index contributed by atoms with van der Waals surface area (Å²) in [4.78, 5) is 26.8. The van der Waals surface area contributed by atoms with E-state index in [9.17, 15) is 18.4 Å². The minimum absolute atomic E-state index is 0.102. The average molecular weight is 362 g/mol. The Labute approximate surface area is 147 Å². The van der Waals surface area contributed by atoms with E-state index in [-0.39, 0.29) is 25.3 Å². The standard InChI is InChI=1S/C16H16F2N6O2/c17-16(18)5-11(6-16)22-14(25)13-9-23(8-12-2-4-21-24(12)13)15(26)10-1-3-19-20-7-10/h1-4,7,11,13H,5-6,8-9H2,(H,22,25). The van der Waals surface area contributed by atoms with E-state index in [1.54, 1.807) is 23.0 Å². The van der Waals surface area contributed by atoms with Crippen LogP contribution in [-0.2, 0) is 11.3 Å². The van der Waals surface area contributed by atoms with Crippen LogP contribution in [0.2, 0.25) is 0 Å². The maximum absolute atomic E-state index is 13.0. The second-order valence-corrected chi connectivity index (χ2v) is 6.57. The van der Waals surface area contributed by atoms with Gasteiger partial charge in [-0.1, -0.05) is 0 Å². The van der Waals surface area contributed by atoms with E-state index in [0.717, 1.165) is 0 Å². The number of fused-ring (bicyclic) bond motifs is 1. The van der Waals surface area contributed by atoms with Crippen LogP contribution in [0.15, 0.2) is 30.7 Å². The van der Waals surface area contributed by atoms with Gasteiger partial charge >= 0.3 is 0 Å². The molecule has 0 saturated heterocycles. The predicted octanol–water partition coefficient (Wildman–Crippen LogP) is 0.784. The zero-order valence-corrected chi connectivity index (χ0v) is 13.7. The zero-order chi connectivity index (χ0) is 18.3. The third-order valence-corrected chi connectivity index (χ3v) is 4.65. The normalized spacial score (nSPS) is 21.6. The molecule has 1 fully saturated rings. The number of nitrogens with zero attached hydrogens (tertiary/aromatic N) is 5. The molecule has 2 amide bonds. The number of aromatic nitrogens is 4. The maximum atomic E-state index is 13.0. The summed E-state index contributed by atoms with van der Waals surface area (Å²) in [5.74, 6) is -3.40. The Bertz CT molecular complexity index is 832. The number of halogens is 2. The number of carbonyl (C=O) groups excluding carboxylic acids is 2. The first kappa shape index (κ1) is 16.6. The Morgan fingerprint density at radius 2 is 2.00 bits per heavy atom. The highest BCUT2D eigenvalue weighted by atomic mass is 19.3. The fourth-order valence-electron chi connectivity index (χ4n) is 3.30. The summed E-state index contributed by atoms with van der Waals surface area (Å²) in [5.41, 5.74) is 1.07. The molecule has 1 aliphatic carbocycles. The fourth-order valence-corrected chi connectivity index (χ4v) is 3.30. The summed E-state index contributed by atoms with van der Waals surface area (Å²) in [6, 6.07) is 1.96. The molecular formula is C16H16F2N6O2. The van der Waals surface area contributed by atoms with Crippen molar-refractivity contribution in [3.8, 4) is 0 Å². The minimum Gasteiger partial charge on any atom is -0.351 e. The lowest BCUT2D eigenvalue weighted by atomic mass is 9.88. The van der Waals surface area contributed by atoms with E-state index < -0.39 is 23.9 Å². The zero-order valence-electron chi connectivity index (χ0n) is 13.7. The van der Waals surface area contributed by atoms with Crippen molar-refractivity contribution >= 4 is 11.8 Å². The van der Waals surface area contributed by atoms with Gasteiger partial charge in [0.1, 0.15) is 6.04 Å². The summed E-state index contributed by atoms with van der Waals surface area (Å²) in [6.45, 7) is 0.400. The number of amides is 2. The predicted molar refractivity (Wildman–Crippen MR) is 84.1 cm³/mol. The molecule has 1 N–H and O–H groups in total. The molecule has 8 nitrogen and oxygen atoms in total. The van der Waals surface area contributed by atoms with Crippen molar-refractivity contribution in [1.82, 2.24) is 30.2 Å². The fraction of sp³-hybridized carbons (Fsp3) is 0.438. The minimum atomic E-state index is -2.71. The van der Waals surface area contributed by atoms with Crippen LogP contribution < -0.4 is 5.32 Å². The Hall–Kier alpha value is -2.91. The second-order valence-electron chi connectivity index (χ2n) is 6.57. The van der Waals surface area contributed by atoms with Crippen LogP contribution in [0, 0.1) is 0 Å². The molecule has 0 spiro atoms. The number of hydrogen-bond donors (Lipinski definition) is 1. The van der Waals surface area contributed by atoms with Crippen molar-refractivity contribution in [2.24, 2.45) is 0 Å². The molecule has 0 radical (unpaired) electrons. The Balaban J connectivity index is 1.51. The smallest absolute Gasteiger partial charge is 0.255 e. The van der Waals surface area contributed by atoms with Crippen LogP contribution in [-0.4, -0.2) is 55.2 Å². The van der Waals surface area contributed by atoms with Crippen molar-refractivity contribution < 1.29 is 18.4 Å². The van der Waals surface area contributed by atoms with Gasteiger partial charge in [-0.15, -0.1) is 0 Å². The van der Waals surface area contributed by atoms with E-state index >= 15 is 0 Å². The van der Waals surface area contributed by atoms with Gasteiger partial charge in [-0.25, -0.2) is 8.78 Å². The third-order valence-electron chi connectivity index (χ3n) is 4.65. The Morgan fingerprint density at radius 1 is 1.19 bits per heavy atom. The monoisotopic (exact) mass is 362 g/mol. The first-order valence-electron chi connectivity index (χ1n) is 8.19. The summed E-state index contributed by atoms with van der Waals surface area (Å²) in [6.07, 6.45) is 3.61. The quantitative estimate of drug-likeness (QED) is 0.871. The van der Waals surface area contributed by atoms with Gasteiger partial charge < -0.3 is 10.2 Å². The molecule has 0 aromatic carbocycles. The van der Waals surface area contributed by atoms with Gasteiger partial charge in [0.15, 0.2) is 0 Å². The summed E-state index contributed by atoms with van der Waals surface area (Å²) >= 11 is 0. The molecule has 3 heterocycles. The van der Waals surface area contributed by atoms with Crippen molar-refractivity contribution in [1.29, 1.82) is 0 Å². The molecule has 1 saturated carbocycles. The molecule has 1 atom stereocenters. The van der Waals surface area contributed by atoms with Crippen molar-refractivity contribution in [3.05, 3.63) is 42.0 Å². The molecule has 0 bridgehead atoms. The molecule has 136 valence electrons. The summed E-state index contributed by atoms with van der Waals surface area (Å²) in [7, 11) is 0. The van der Waals surface area contributed by atoms with Gasteiger partial charge in [-0.3, -0.25) is 14.3 Å². The lowest BCUT2D eigenvalue weighted by Gasteiger charge is -2.38. The number of hydrogen-bond acceptors (Lipinski definition) is 5. The molecule has 26 heavy (non-hydrogen) atoms. The number of rotatable bonds is 3. The molecular weight excluding hydrogens is 346 g/mol. The Morgan fingerprint density at radius 3 is 2.69 bits per heavy atom. The van der Waals surface area contributed by atoms with Crippen molar-refractivity contribution in [2.45, 2.75) is 37.4 Å². The number of nitrogens with one attached hydrogen (secondary N) is 1. The van der Waals surface area contributed by atoms with Crippen LogP contribution >= 0.6 is 0 Å². The van der Waals surface area contributed by atoms with Gasteiger partial charge in [-0.05, 0) is 12.1 Å². The first-order chi connectivity index (χ1) is 12.4. The molecule has 1 aliphatic heterocycles.